The molecule has 0 fully saturated rings. The van der Waals surface area contributed by atoms with Crippen LogP contribution in [-0.2, 0) is 0 Å². The SMILES string of the molecule is COc1cc(-c2nc(C)c(C(=O)N[C@H](CO)c3ccccc3)s2)cc(OC)c1OC. The summed E-state index contributed by atoms with van der Waals surface area (Å²) >= 11 is 1.26. The van der Waals surface area contributed by atoms with Gasteiger partial charge in [0.25, 0.3) is 5.91 Å². The first kappa shape index (κ1) is 21.6. The molecule has 0 spiro atoms. The number of thiazole rings is 1. The van der Waals surface area contributed by atoms with Crippen molar-refractivity contribution in [1.29, 1.82) is 0 Å². The highest BCUT2D eigenvalue weighted by Crippen LogP contribution is 2.42. The summed E-state index contributed by atoms with van der Waals surface area (Å²) in [7, 11) is 4.64. The zero-order valence-corrected chi connectivity index (χ0v) is 18.1. The lowest BCUT2D eigenvalue weighted by Crippen LogP contribution is -2.30. The average Bonchev–Trinajstić information content (AvgIpc) is 3.18. The maximum Gasteiger partial charge on any atom is 0.263 e. The van der Waals surface area contributed by atoms with Gasteiger partial charge in [-0.1, -0.05) is 30.3 Å². The molecule has 0 saturated carbocycles. The Morgan fingerprint density at radius 2 is 1.73 bits per heavy atom. The Bertz CT molecular complexity index is 995. The molecule has 2 aromatic carbocycles. The van der Waals surface area contributed by atoms with Crippen LogP contribution < -0.4 is 19.5 Å². The van der Waals surface area contributed by atoms with Crippen LogP contribution in [0.15, 0.2) is 42.5 Å². The minimum atomic E-state index is -0.496. The molecule has 1 amide bonds. The van der Waals surface area contributed by atoms with Crippen LogP contribution in [0.1, 0.15) is 27.0 Å². The summed E-state index contributed by atoms with van der Waals surface area (Å²) in [5, 5.41) is 13.3. The molecule has 0 unspecified atom stereocenters. The van der Waals surface area contributed by atoms with Crippen LogP contribution in [-0.4, -0.2) is 43.9 Å². The number of benzene rings is 2. The van der Waals surface area contributed by atoms with E-state index >= 15 is 0 Å². The summed E-state index contributed by atoms with van der Waals surface area (Å²) in [5.41, 5.74) is 2.18. The molecular weight excluding hydrogens is 404 g/mol. The maximum atomic E-state index is 12.9. The maximum absolute atomic E-state index is 12.9. The molecule has 1 atom stereocenters. The molecule has 0 aliphatic carbocycles. The van der Waals surface area contributed by atoms with Crippen LogP contribution in [0.4, 0.5) is 0 Å². The third-order valence-electron chi connectivity index (χ3n) is 4.60. The van der Waals surface area contributed by atoms with E-state index in [1.165, 1.54) is 11.3 Å². The topological polar surface area (TPSA) is 89.9 Å². The summed E-state index contributed by atoms with van der Waals surface area (Å²) in [4.78, 5) is 17.9. The van der Waals surface area contributed by atoms with Crippen molar-refractivity contribution in [3.8, 4) is 27.8 Å². The van der Waals surface area contributed by atoms with Crippen molar-refractivity contribution in [2.75, 3.05) is 27.9 Å². The van der Waals surface area contributed by atoms with Crippen LogP contribution in [0.5, 0.6) is 17.2 Å². The third-order valence-corrected chi connectivity index (χ3v) is 5.81. The first-order valence-corrected chi connectivity index (χ1v) is 10.1. The van der Waals surface area contributed by atoms with Gasteiger partial charge in [-0.05, 0) is 24.6 Å². The summed E-state index contributed by atoms with van der Waals surface area (Å²) in [6.07, 6.45) is 0. The number of carbonyl (C=O) groups is 1. The molecule has 1 heterocycles. The molecule has 0 saturated heterocycles. The highest BCUT2D eigenvalue weighted by Gasteiger charge is 2.22. The lowest BCUT2D eigenvalue weighted by atomic mass is 10.1. The summed E-state index contributed by atoms with van der Waals surface area (Å²) in [5.74, 6) is 1.22. The number of hydrogen-bond donors (Lipinski definition) is 2. The van der Waals surface area contributed by atoms with E-state index in [0.717, 1.165) is 11.1 Å². The number of methoxy groups -OCH3 is 3. The van der Waals surface area contributed by atoms with E-state index in [2.05, 4.69) is 10.3 Å². The van der Waals surface area contributed by atoms with Crippen molar-refractivity contribution in [2.24, 2.45) is 0 Å². The van der Waals surface area contributed by atoms with Gasteiger partial charge in [0.15, 0.2) is 11.5 Å². The fraction of sp³-hybridized carbons (Fsp3) is 0.273. The Balaban J connectivity index is 1.91. The van der Waals surface area contributed by atoms with Gasteiger partial charge in [0.05, 0.1) is 39.7 Å². The Hall–Kier alpha value is -3.10. The molecule has 0 bridgehead atoms. The lowest BCUT2D eigenvalue weighted by Gasteiger charge is -2.16. The Kier molecular flexibility index (Phi) is 6.91. The van der Waals surface area contributed by atoms with Gasteiger partial charge in [-0.2, -0.15) is 0 Å². The standard InChI is InChI=1S/C22H24N2O5S/c1-13-20(21(26)24-16(12-25)14-8-6-5-7-9-14)30-22(23-13)15-10-17(27-2)19(29-4)18(11-15)28-3/h5-11,16,25H,12H2,1-4H3,(H,24,26)/t16-/m1/s1. The number of nitrogens with one attached hydrogen (secondary N) is 1. The van der Waals surface area contributed by atoms with Gasteiger partial charge in [0.2, 0.25) is 5.75 Å². The summed E-state index contributed by atoms with van der Waals surface area (Å²) < 4.78 is 16.2. The molecule has 3 aromatic rings. The zero-order chi connectivity index (χ0) is 21.7. The van der Waals surface area contributed by atoms with Crippen LogP contribution in [0.2, 0.25) is 0 Å². The lowest BCUT2D eigenvalue weighted by molar-refractivity contribution is 0.0919. The Morgan fingerprint density at radius 3 is 2.27 bits per heavy atom. The Labute approximate surface area is 179 Å². The number of nitrogens with zero attached hydrogens (tertiary/aromatic N) is 1. The number of hydrogen-bond acceptors (Lipinski definition) is 7. The van der Waals surface area contributed by atoms with E-state index in [1.807, 2.05) is 30.3 Å². The summed E-state index contributed by atoms with van der Waals surface area (Å²) in [6, 6.07) is 12.4. The number of aryl methyl sites for hydroxylation is 1. The van der Waals surface area contributed by atoms with Gasteiger partial charge in [0.1, 0.15) is 9.88 Å². The largest absolute Gasteiger partial charge is 0.493 e. The smallest absolute Gasteiger partial charge is 0.263 e. The quantitative estimate of drug-likeness (QED) is 0.570. The number of ether oxygens (including phenoxy) is 3. The van der Waals surface area contributed by atoms with Crippen molar-refractivity contribution in [1.82, 2.24) is 10.3 Å². The van der Waals surface area contributed by atoms with E-state index in [0.29, 0.717) is 32.8 Å². The van der Waals surface area contributed by atoms with Crippen molar-refractivity contribution < 1.29 is 24.1 Å². The second-order valence-electron chi connectivity index (χ2n) is 6.47. The van der Waals surface area contributed by atoms with Gasteiger partial charge in [-0.15, -0.1) is 11.3 Å². The third kappa shape index (κ3) is 4.39. The van der Waals surface area contributed by atoms with E-state index in [9.17, 15) is 9.90 Å². The first-order valence-electron chi connectivity index (χ1n) is 9.26. The van der Waals surface area contributed by atoms with Crippen molar-refractivity contribution >= 4 is 17.2 Å². The monoisotopic (exact) mass is 428 g/mol. The number of carbonyl (C=O) groups excluding carboxylic acids is 1. The highest BCUT2D eigenvalue weighted by atomic mass is 32.1. The van der Waals surface area contributed by atoms with Crippen molar-refractivity contribution in [3.05, 3.63) is 58.6 Å². The second-order valence-corrected chi connectivity index (χ2v) is 7.47. The average molecular weight is 429 g/mol. The summed E-state index contributed by atoms with van der Waals surface area (Å²) in [6.45, 7) is 1.58. The fourth-order valence-corrected chi connectivity index (χ4v) is 4.04. The van der Waals surface area contributed by atoms with E-state index in [1.54, 1.807) is 40.4 Å². The predicted molar refractivity (Wildman–Crippen MR) is 116 cm³/mol. The van der Waals surface area contributed by atoms with Gasteiger partial charge in [-0.25, -0.2) is 4.98 Å². The van der Waals surface area contributed by atoms with Crippen LogP contribution in [0.25, 0.3) is 10.6 Å². The fourth-order valence-electron chi connectivity index (χ4n) is 3.08. The van der Waals surface area contributed by atoms with Crippen molar-refractivity contribution in [2.45, 2.75) is 13.0 Å². The number of aliphatic hydroxyl groups excluding tert-OH is 1. The number of aliphatic hydroxyl groups is 1. The van der Waals surface area contributed by atoms with E-state index in [4.69, 9.17) is 14.2 Å². The molecule has 3 rings (SSSR count). The second kappa shape index (κ2) is 9.60. The van der Waals surface area contributed by atoms with Crippen LogP contribution >= 0.6 is 11.3 Å². The molecular formula is C22H24N2O5S. The number of aromatic nitrogens is 1. The van der Waals surface area contributed by atoms with Gasteiger partial charge < -0.3 is 24.6 Å². The van der Waals surface area contributed by atoms with Crippen LogP contribution in [0, 0.1) is 6.92 Å². The molecule has 0 aliphatic heterocycles. The molecule has 8 heteroatoms. The van der Waals surface area contributed by atoms with E-state index < -0.39 is 6.04 Å². The molecule has 0 radical (unpaired) electrons. The molecule has 158 valence electrons. The predicted octanol–water partition coefficient (Wildman–Crippen LogP) is 3.61. The number of rotatable bonds is 8. The molecule has 1 aromatic heterocycles. The minimum Gasteiger partial charge on any atom is -0.493 e. The van der Waals surface area contributed by atoms with E-state index in [-0.39, 0.29) is 12.5 Å². The highest BCUT2D eigenvalue weighted by molar-refractivity contribution is 7.17. The van der Waals surface area contributed by atoms with Crippen molar-refractivity contribution in [3.63, 3.8) is 0 Å². The van der Waals surface area contributed by atoms with Gasteiger partial charge in [0, 0.05) is 5.56 Å². The van der Waals surface area contributed by atoms with Gasteiger partial charge >= 0.3 is 0 Å². The van der Waals surface area contributed by atoms with Crippen LogP contribution in [0.3, 0.4) is 0 Å². The molecule has 30 heavy (non-hydrogen) atoms. The first-order chi connectivity index (χ1) is 14.5. The normalized spacial score (nSPS) is 11.6. The Morgan fingerprint density at radius 1 is 1.10 bits per heavy atom. The molecule has 7 nitrogen and oxygen atoms in total. The number of amides is 1. The zero-order valence-electron chi connectivity index (χ0n) is 17.3. The van der Waals surface area contributed by atoms with Gasteiger partial charge in [-0.3, -0.25) is 4.79 Å². The minimum absolute atomic E-state index is 0.201. The molecule has 0 aliphatic rings. The molecule has 2 N–H and O–H groups in total.